The summed E-state index contributed by atoms with van der Waals surface area (Å²) in [7, 11) is 1.66. The number of hydrogen-bond acceptors (Lipinski definition) is 7. The van der Waals surface area contributed by atoms with Crippen molar-refractivity contribution in [2.75, 3.05) is 19.0 Å². The molecule has 2 aromatic heterocycles. The summed E-state index contributed by atoms with van der Waals surface area (Å²) < 4.78 is 17.7. The van der Waals surface area contributed by atoms with E-state index in [2.05, 4.69) is 20.7 Å². The van der Waals surface area contributed by atoms with E-state index in [1.165, 1.54) is 25.7 Å². The minimum atomic E-state index is 0.411. The first kappa shape index (κ1) is 21.0. The Hall–Kier alpha value is -3.61. The molecule has 0 atom stereocenters. The number of benzene rings is 2. The monoisotopic (exact) mass is 456 g/mol. The Labute approximate surface area is 198 Å². The molecule has 0 amide bonds. The van der Waals surface area contributed by atoms with E-state index < -0.39 is 0 Å². The normalized spacial score (nSPS) is 15.4. The molecule has 0 radical (unpaired) electrons. The van der Waals surface area contributed by atoms with Crippen molar-refractivity contribution in [1.29, 1.82) is 0 Å². The molecule has 1 N–H and O–H groups in total. The van der Waals surface area contributed by atoms with Gasteiger partial charge in [0.2, 0.25) is 0 Å². The molecule has 7 nitrogen and oxygen atoms in total. The first-order chi connectivity index (χ1) is 16.8. The summed E-state index contributed by atoms with van der Waals surface area (Å²) in [6, 6.07) is 16.0. The van der Waals surface area contributed by atoms with Crippen molar-refractivity contribution in [3.05, 3.63) is 54.3 Å². The lowest BCUT2D eigenvalue weighted by Gasteiger charge is -2.10. The molecule has 6 rings (SSSR count). The maximum atomic E-state index is 6.21. The Morgan fingerprint density at radius 2 is 1.76 bits per heavy atom. The van der Waals surface area contributed by atoms with Crippen LogP contribution in [0.4, 0.5) is 5.69 Å². The van der Waals surface area contributed by atoms with E-state index in [1.807, 2.05) is 48.5 Å². The van der Waals surface area contributed by atoms with E-state index in [0.717, 1.165) is 65.1 Å². The molecule has 2 aliphatic carbocycles. The van der Waals surface area contributed by atoms with Gasteiger partial charge in [-0.05, 0) is 43.2 Å². The maximum absolute atomic E-state index is 6.21. The number of rotatable bonds is 10. The molecule has 0 bridgehead atoms. The van der Waals surface area contributed by atoms with E-state index >= 15 is 0 Å². The Morgan fingerprint density at radius 1 is 0.971 bits per heavy atom. The maximum Gasteiger partial charge on any atom is 0.254 e. The molecule has 2 heterocycles. The molecule has 7 heteroatoms. The highest BCUT2D eigenvalue weighted by molar-refractivity contribution is 5.78. The molecule has 0 aliphatic heterocycles. The van der Waals surface area contributed by atoms with Crippen LogP contribution < -0.4 is 10.1 Å². The van der Waals surface area contributed by atoms with E-state index in [-0.39, 0.29) is 0 Å². The molecule has 2 fully saturated rings. The quantitative estimate of drug-likeness (QED) is 0.303. The molecular formula is C27H28N4O3. The Morgan fingerprint density at radius 3 is 2.53 bits per heavy atom. The predicted molar refractivity (Wildman–Crippen MR) is 129 cm³/mol. The topological polar surface area (TPSA) is 86.2 Å². The largest absolute Gasteiger partial charge is 0.496 e. The fourth-order valence-corrected chi connectivity index (χ4v) is 4.25. The number of methoxy groups -OCH3 is 1. The average Bonchev–Trinajstić information content (AvgIpc) is 3.80. The number of nitrogens with one attached hydrogen (secondary N) is 1. The highest BCUT2D eigenvalue weighted by Gasteiger charge is 2.28. The van der Waals surface area contributed by atoms with Crippen LogP contribution in [-0.2, 0) is 6.42 Å². The summed E-state index contributed by atoms with van der Waals surface area (Å²) in [5.41, 5.74) is 4.26. The molecule has 0 spiro atoms. The zero-order valence-corrected chi connectivity index (χ0v) is 19.3. The number of hydrogen-bond donors (Lipinski definition) is 1. The number of aryl methyl sites for hydroxylation is 1. The van der Waals surface area contributed by atoms with Gasteiger partial charge in [0.05, 0.1) is 12.7 Å². The summed E-state index contributed by atoms with van der Waals surface area (Å²) in [6.45, 7) is 0.993. The molecule has 2 aromatic carbocycles. The smallest absolute Gasteiger partial charge is 0.254 e. The second-order valence-electron chi connectivity index (χ2n) is 9.33. The third-order valence-electron chi connectivity index (χ3n) is 6.65. The van der Waals surface area contributed by atoms with Gasteiger partial charge in [0.1, 0.15) is 22.8 Å². The van der Waals surface area contributed by atoms with Gasteiger partial charge in [0.25, 0.3) is 11.8 Å². The molecule has 34 heavy (non-hydrogen) atoms. The molecule has 4 aromatic rings. The first-order valence-electron chi connectivity index (χ1n) is 12.1. The van der Waals surface area contributed by atoms with Gasteiger partial charge in [-0.3, -0.25) is 0 Å². The van der Waals surface area contributed by atoms with Crippen molar-refractivity contribution in [3.63, 3.8) is 0 Å². The van der Waals surface area contributed by atoms with Gasteiger partial charge in [-0.15, -0.1) is 10.2 Å². The lowest BCUT2D eigenvalue weighted by molar-refractivity contribution is 0.380. The van der Waals surface area contributed by atoms with Crippen molar-refractivity contribution in [1.82, 2.24) is 15.4 Å². The standard InChI is InChI=1S/C27H28N4O3/c1-32-23-15-20(28-16-18-9-10-18)12-13-21(23)26-29-30-27(33-26)24-22(14-11-17-7-8-17)34-31-25(24)19-5-3-2-4-6-19/h2-6,12-13,15,17-18,28H,7-11,14,16H2,1H3. The summed E-state index contributed by atoms with van der Waals surface area (Å²) in [5.74, 6) is 3.90. The van der Waals surface area contributed by atoms with Crippen LogP contribution in [0.15, 0.2) is 57.5 Å². The second-order valence-corrected chi connectivity index (χ2v) is 9.33. The molecule has 0 saturated heterocycles. The highest BCUT2D eigenvalue weighted by Crippen LogP contribution is 2.40. The summed E-state index contributed by atoms with van der Waals surface area (Å²) in [4.78, 5) is 0. The number of ether oxygens (including phenoxy) is 1. The van der Waals surface area contributed by atoms with Gasteiger partial charge in [-0.1, -0.05) is 48.3 Å². The molecule has 2 aliphatic rings. The average molecular weight is 457 g/mol. The van der Waals surface area contributed by atoms with E-state index in [9.17, 15) is 0 Å². The fraction of sp³-hybridized carbons (Fsp3) is 0.370. The van der Waals surface area contributed by atoms with Crippen molar-refractivity contribution >= 4 is 5.69 Å². The third kappa shape index (κ3) is 4.42. The van der Waals surface area contributed by atoms with Gasteiger partial charge in [-0.2, -0.15) is 0 Å². The number of nitrogens with zero attached hydrogens (tertiary/aromatic N) is 3. The van der Waals surface area contributed by atoms with Crippen molar-refractivity contribution in [2.24, 2.45) is 11.8 Å². The molecular weight excluding hydrogens is 428 g/mol. The van der Waals surface area contributed by atoms with Crippen LogP contribution in [-0.4, -0.2) is 29.0 Å². The zero-order valence-electron chi connectivity index (χ0n) is 19.3. The lowest BCUT2D eigenvalue weighted by Crippen LogP contribution is -2.03. The van der Waals surface area contributed by atoms with Crippen molar-refractivity contribution in [3.8, 4) is 39.9 Å². The van der Waals surface area contributed by atoms with E-state index in [4.69, 9.17) is 13.7 Å². The predicted octanol–water partition coefficient (Wildman–Crippen LogP) is 6.23. The Bertz CT molecular complexity index is 1270. The first-order valence-corrected chi connectivity index (χ1v) is 12.1. The van der Waals surface area contributed by atoms with E-state index in [1.54, 1.807) is 7.11 Å². The Kier molecular flexibility index (Phi) is 5.53. The van der Waals surface area contributed by atoms with Crippen LogP contribution >= 0.6 is 0 Å². The molecule has 174 valence electrons. The van der Waals surface area contributed by atoms with Gasteiger partial charge in [-0.25, -0.2) is 0 Å². The molecule has 0 unspecified atom stereocenters. The van der Waals surface area contributed by atoms with E-state index in [0.29, 0.717) is 17.5 Å². The van der Waals surface area contributed by atoms with Crippen LogP contribution in [0.3, 0.4) is 0 Å². The van der Waals surface area contributed by atoms with Crippen LogP contribution in [0.5, 0.6) is 5.75 Å². The van der Waals surface area contributed by atoms with Gasteiger partial charge in [0.15, 0.2) is 0 Å². The zero-order chi connectivity index (χ0) is 22.9. The minimum absolute atomic E-state index is 0.411. The summed E-state index contributed by atoms with van der Waals surface area (Å²) in [5, 5.41) is 16.6. The van der Waals surface area contributed by atoms with Crippen molar-refractivity contribution in [2.45, 2.75) is 38.5 Å². The minimum Gasteiger partial charge on any atom is -0.496 e. The van der Waals surface area contributed by atoms with Gasteiger partial charge >= 0.3 is 0 Å². The highest BCUT2D eigenvalue weighted by atomic mass is 16.5. The fourth-order valence-electron chi connectivity index (χ4n) is 4.25. The molecule has 2 saturated carbocycles. The van der Waals surface area contributed by atoms with Crippen LogP contribution in [0.25, 0.3) is 34.2 Å². The summed E-state index contributed by atoms with van der Waals surface area (Å²) >= 11 is 0. The summed E-state index contributed by atoms with van der Waals surface area (Å²) in [6.07, 6.45) is 7.10. The second kappa shape index (κ2) is 8.97. The number of aromatic nitrogens is 3. The van der Waals surface area contributed by atoms with Gasteiger partial charge < -0.3 is 19.0 Å². The number of anilines is 1. The van der Waals surface area contributed by atoms with Crippen LogP contribution in [0.2, 0.25) is 0 Å². The lowest BCUT2D eigenvalue weighted by atomic mass is 10.0. The third-order valence-corrected chi connectivity index (χ3v) is 6.65. The van der Waals surface area contributed by atoms with Crippen LogP contribution in [0.1, 0.15) is 37.9 Å². The SMILES string of the molecule is COc1cc(NCC2CC2)ccc1-c1nnc(-c2c(-c3ccccc3)noc2CCC2CC2)o1. The van der Waals surface area contributed by atoms with Crippen molar-refractivity contribution < 1.29 is 13.7 Å². The van der Waals surface area contributed by atoms with Gasteiger partial charge in [0, 0.05) is 30.3 Å². The van der Waals surface area contributed by atoms with Crippen LogP contribution in [0, 0.1) is 11.8 Å². The Balaban J connectivity index is 1.33.